The smallest absolute Gasteiger partial charge is 0.258 e. The van der Waals surface area contributed by atoms with Crippen LogP contribution >= 0.6 is 11.6 Å². The van der Waals surface area contributed by atoms with Crippen molar-refractivity contribution in [2.45, 2.75) is 25.8 Å². The molecule has 1 aliphatic rings. The first-order chi connectivity index (χ1) is 13.0. The molecule has 0 bridgehead atoms. The Kier molecular flexibility index (Phi) is 5.65. The fourth-order valence-corrected chi connectivity index (χ4v) is 3.63. The Labute approximate surface area is 163 Å². The Morgan fingerprint density at radius 1 is 1.26 bits per heavy atom. The van der Waals surface area contributed by atoms with Crippen LogP contribution in [-0.4, -0.2) is 42.4 Å². The summed E-state index contributed by atoms with van der Waals surface area (Å²) < 4.78 is 5.33. The molecule has 1 aromatic heterocycles. The highest BCUT2D eigenvalue weighted by Crippen LogP contribution is 2.34. The number of rotatable bonds is 4. The number of nitrogens with zero attached hydrogens (tertiary/aromatic N) is 2. The summed E-state index contributed by atoms with van der Waals surface area (Å²) in [5, 5.41) is 3.09. The van der Waals surface area contributed by atoms with E-state index in [9.17, 15) is 9.59 Å². The highest BCUT2D eigenvalue weighted by Gasteiger charge is 2.33. The fourth-order valence-electron chi connectivity index (χ4n) is 3.46. The van der Waals surface area contributed by atoms with E-state index in [1.54, 1.807) is 43.1 Å². The zero-order valence-corrected chi connectivity index (χ0v) is 16.3. The number of halogens is 1. The Bertz CT molecular complexity index is 885. The highest BCUT2D eigenvalue weighted by atomic mass is 35.5. The third kappa shape index (κ3) is 3.76. The maximum absolute atomic E-state index is 13.2. The molecular weight excluding hydrogens is 366 g/mol. The Hall–Kier alpha value is -2.60. The minimum Gasteiger partial charge on any atom is -0.496 e. The number of hydrogen-bond donors (Lipinski definition) is 1. The third-order valence-corrected chi connectivity index (χ3v) is 5.06. The molecule has 0 aliphatic carbocycles. The summed E-state index contributed by atoms with van der Waals surface area (Å²) in [5.74, 6) is 0.190. The second-order valence-electron chi connectivity index (χ2n) is 6.45. The molecule has 1 aliphatic heterocycles. The number of carbonyl (C=O) groups is 2. The largest absolute Gasteiger partial charge is 0.496 e. The van der Waals surface area contributed by atoms with E-state index in [4.69, 9.17) is 16.3 Å². The molecule has 1 saturated heterocycles. The monoisotopic (exact) mass is 387 g/mol. The number of carbonyl (C=O) groups excluding carboxylic acids is 2. The van der Waals surface area contributed by atoms with E-state index in [2.05, 4.69) is 10.3 Å². The predicted molar refractivity (Wildman–Crippen MR) is 103 cm³/mol. The minimum absolute atomic E-state index is 0.133. The number of methoxy groups -OCH3 is 1. The molecule has 142 valence electrons. The van der Waals surface area contributed by atoms with Crippen LogP contribution in [0.15, 0.2) is 30.3 Å². The zero-order chi connectivity index (χ0) is 19.6. The topological polar surface area (TPSA) is 71.5 Å². The molecule has 3 rings (SSSR count). The van der Waals surface area contributed by atoms with Gasteiger partial charge in [-0.15, -0.1) is 0 Å². The number of benzene rings is 1. The van der Waals surface area contributed by atoms with Crippen LogP contribution in [0.1, 0.15) is 51.0 Å². The van der Waals surface area contributed by atoms with E-state index in [1.807, 2.05) is 6.07 Å². The first-order valence-corrected chi connectivity index (χ1v) is 9.18. The van der Waals surface area contributed by atoms with Gasteiger partial charge in [0.25, 0.3) is 11.8 Å². The fraction of sp³-hybridized carbons (Fsp3) is 0.350. The van der Waals surface area contributed by atoms with Crippen molar-refractivity contribution in [2.75, 3.05) is 20.7 Å². The SMILES string of the molecule is CNC(=O)c1ccc([C@H]2CCCN2C(=O)c2cc(Cl)ccc2OC)nc1C. The first kappa shape index (κ1) is 19.2. The first-order valence-electron chi connectivity index (χ1n) is 8.80. The van der Waals surface area contributed by atoms with E-state index >= 15 is 0 Å². The van der Waals surface area contributed by atoms with Crippen molar-refractivity contribution in [1.82, 2.24) is 15.2 Å². The molecule has 0 saturated carbocycles. The van der Waals surface area contributed by atoms with E-state index < -0.39 is 0 Å². The molecule has 2 aromatic rings. The lowest BCUT2D eigenvalue weighted by atomic mass is 10.1. The quantitative estimate of drug-likeness (QED) is 0.872. The average molecular weight is 388 g/mol. The van der Waals surface area contributed by atoms with Crippen LogP contribution in [0.25, 0.3) is 0 Å². The van der Waals surface area contributed by atoms with Crippen LogP contribution in [0.3, 0.4) is 0 Å². The van der Waals surface area contributed by atoms with Gasteiger partial charge in [0.1, 0.15) is 5.75 Å². The lowest BCUT2D eigenvalue weighted by Crippen LogP contribution is -2.31. The van der Waals surface area contributed by atoms with Gasteiger partial charge in [-0.2, -0.15) is 0 Å². The predicted octanol–water partition coefficient (Wildman–Crippen LogP) is 3.39. The van der Waals surface area contributed by atoms with Crippen LogP contribution in [0, 0.1) is 6.92 Å². The van der Waals surface area contributed by atoms with Crippen molar-refractivity contribution < 1.29 is 14.3 Å². The number of likely N-dealkylation sites (tertiary alicyclic amines) is 1. The molecule has 0 radical (unpaired) electrons. The second kappa shape index (κ2) is 7.96. The van der Waals surface area contributed by atoms with E-state index in [1.165, 1.54) is 7.11 Å². The van der Waals surface area contributed by atoms with Crippen molar-refractivity contribution >= 4 is 23.4 Å². The molecule has 0 unspecified atom stereocenters. The van der Waals surface area contributed by atoms with E-state index in [0.717, 1.165) is 18.5 Å². The summed E-state index contributed by atoms with van der Waals surface area (Å²) in [4.78, 5) is 31.4. The van der Waals surface area contributed by atoms with Gasteiger partial charge in [-0.05, 0) is 50.1 Å². The van der Waals surface area contributed by atoms with Crippen LogP contribution in [0.5, 0.6) is 5.75 Å². The van der Waals surface area contributed by atoms with Crippen LogP contribution in [0.2, 0.25) is 5.02 Å². The Morgan fingerprint density at radius 2 is 2.04 bits per heavy atom. The highest BCUT2D eigenvalue weighted by molar-refractivity contribution is 6.31. The van der Waals surface area contributed by atoms with Crippen molar-refractivity contribution in [3.8, 4) is 5.75 Å². The van der Waals surface area contributed by atoms with Gasteiger partial charge in [0, 0.05) is 18.6 Å². The molecule has 1 atom stereocenters. The molecule has 27 heavy (non-hydrogen) atoms. The summed E-state index contributed by atoms with van der Waals surface area (Å²) in [5.41, 5.74) is 2.41. The number of nitrogens with one attached hydrogen (secondary N) is 1. The third-order valence-electron chi connectivity index (χ3n) is 4.83. The standard InChI is InChI=1S/C20H22ClN3O3/c1-12-14(19(25)22-2)7-8-16(23-12)17-5-4-10-24(17)20(26)15-11-13(21)6-9-18(15)27-3/h6-9,11,17H,4-5,10H2,1-3H3,(H,22,25)/t17-/m1/s1. The molecule has 6 nitrogen and oxygen atoms in total. The minimum atomic E-state index is -0.172. The number of aromatic nitrogens is 1. The number of ether oxygens (including phenoxy) is 1. The Balaban J connectivity index is 1.92. The average Bonchev–Trinajstić information content (AvgIpc) is 3.16. The maximum atomic E-state index is 13.2. The summed E-state index contributed by atoms with van der Waals surface area (Å²) in [7, 11) is 3.12. The lowest BCUT2D eigenvalue weighted by molar-refractivity contribution is 0.0729. The number of pyridine rings is 1. The van der Waals surface area contributed by atoms with Crippen molar-refractivity contribution in [1.29, 1.82) is 0 Å². The van der Waals surface area contributed by atoms with E-state index in [0.29, 0.717) is 34.1 Å². The number of hydrogen-bond acceptors (Lipinski definition) is 4. The van der Waals surface area contributed by atoms with Gasteiger partial charge >= 0.3 is 0 Å². The number of aryl methyl sites for hydroxylation is 1. The molecule has 0 spiro atoms. The van der Waals surface area contributed by atoms with Crippen molar-refractivity contribution in [3.05, 3.63) is 57.9 Å². The maximum Gasteiger partial charge on any atom is 0.258 e. The van der Waals surface area contributed by atoms with Crippen LogP contribution in [0.4, 0.5) is 0 Å². The summed E-state index contributed by atoms with van der Waals surface area (Å²) >= 11 is 6.08. The Morgan fingerprint density at radius 3 is 2.70 bits per heavy atom. The normalized spacial score (nSPS) is 16.3. The van der Waals surface area contributed by atoms with Gasteiger partial charge in [0.2, 0.25) is 0 Å². The van der Waals surface area contributed by atoms with Crippen molar-refractivity contribution in [2.24, 2.45) is 0 Å². The lowest BCUT2D eigenvalue weighted by Gasteiger charge is -2.25. The summed E-state index contributed by atoms with van der Waals surface area (Å²) in [6, 6.07) is 8.47. The zero-order valence-electron chi connectivity index (χ0n) is 15.6. The molecule has 7 heteroatoms. The molecular formula is C20H22ClN3O3. The molecule has 2 amide bonds. The summed E-state index contributed by atoms with van der Waals surface area (Å²) in [6.07, 6.45) is 1.71. The molecule has 1 aromatic carbocycles. The molecule has 2 heterocycles. The van der Waals surface area contributed by atoms with Gasteiger partial charge in [0.05, 0.1) is 35.7 Å². The van der Waals surface area contributed by atoms with Crippen LogP contribution in [-0.2, 0) is 0 Å². The van der Waals surface area contributed by atoms with Gasteiger partial charge in [0.15, 0.2) is 0 Å². The second-order valence-corrected chi connectivity index (χ2v) is 6.89. The van der Waals surface area contributed by atoms with Gasteiger partial charge in [-0.1, -0.05) is 11.6 Å². The molecule has 1 fully saturated rings. The van der Waals surface area contributed by atoms with E-state index in [-0.39, 0.29) is 17.9 Å². The molecule has 1 N–H and O–H groups in total. The van der Waals surface area contributed by atoms with Gasteiger partial charge in [-0.3, -0.25) is 14.6 Å². The van der Waals surface area contributed by atoms with Gasteiger partial charge < -0.3 is 15.0 Å². The summed E-state index contributed by atoms with van der Waals surface area (Å²) in [6.45, 7) is 2.44. The number of amides is 2. The van der Waals surface area contributed by atoms with Crippen molar-refractivity contribution in [3.63, 3.8) is 0 Å². The van der Waals surface area contributed by atoms with Crippen LogP contribution < -0.4 is 10.1 Å². The van der Waals surface area contributed by atoms with Gasteiger partial charge in [-0.25, -0.2) is 0 Å².